The molecule has 0 amide bonds. The van der Waals surface area contributed by atoms with Gasteiger partial charge in [-0.15, -0.1) is 0 Å². The Labute approximate surface area is 121 Å². The Balaban J connectivity index is 2.33. The maximum atomic E-state index is 10.8. The van der Waals surface area contributed by atoms with Gasteiger partial charge in [0.05, 0.1) is 11.2 Å². The summed E-state index contributed by atoms with van der Waals surface area (Å²) in [6, 6.07) is 7.27. The van der Waals surface area contributed by atoms with Gasteiger partial charge in [-0.1, -0.05) is 17.7 Å². The number of halogens is 1. The fourth-order valence-corrected chi connectivity index (χ4v) is 1.93. The predicted octanol–water partition coefficient (Wildman–Crippen LogP) is 2.93. The molecule has 1 aromatic heterocycles. The fraction of sp³-hybridized carbons (Fsp3) is 0.286. The van der Waals surface area contributed by atoms with E-state index in [-0.39, 0.29) is 19.4 Å². The number of methoxy groups -OCH3 is 1. The van der Waals surface area contributed by atoms with E-state index in [1.165, 1.54) is 14.0 Å². The molecule has 2 aromatic rings. The normalized spacial score (nSPS) is 10.6. The summed E-state index contributed by atoms with van der Waals surface area (Å²) in [6.45, 7) is 1.58. The predicted molar refractivity (Wildman–Crippen MR) is 74.7 cm³/mol. The number of rotatable bonds is 5. The highest BCUT2D eigenvalue weighted by Crippen LogP contribution is 2.31. The van der Waals surface area contributed by atoms with E-state index in [9.17, 15) is 4.79 Å². The van der Waals surface area contributed by atoms with Gasteiger partial charge in [0.1, 0.15) is 17.4 Å². The van der Waals surface area contributed by atoms with E-state index >= 15 is 0 Å². The van der Waals surface area contributed by atoms with E-state index in [0.29, 0.717) is 22.0 Å². The van der Waals surface area contributed by atoms with Gasteiger partial charge in [0.15, 0.2) is 6.79 Å². The first-order valence-corrected chi connectivity index (χ1v) is 6.33. The topological polar surface area (TPSA) is 57.7 Å². The van der Waals surface area contributed by atoms with Gasteiger partial charge < -0.3 is 14.2 Å². The lowest BCUT2D eigenvalue weighted by molar-refractivity contribution is -0.142. The van der Waals surface area contributed by atoms with Crippen LogP contribution in [0.4, 0.5) is 0 Å². The molecule has 20 heavy (non-hydrogen) atoms. The maximum Gasteiger partial charge on any atom is 0.303 e. The van der Waals surface area contributed by atoms with Crippen LogP contribution in [0, 0.1) is 0 Å². The van der Waals surface area contributed by atoms with Crippen molar-refractivity contribution in [1.29, 1.82) is 0 Å². The third kappa shape index (κ3) is 3.37. The Kier molecular flexibility index (Phi) is 4.76. The summed E-state index contributed by atoms with van der Waals surface area (Å²) in [4.78, 5) is 15.2. The maximum absolute atomic E-state index is 10.8. The number of hydrogen-bond acceptors (Lipinski definition) is 5. The first-order chi connectivity index (χ1) is 9.61. The molecule has 1 heterocycles. The molecular weight excluding hydrogens is 282 g/mol. The Morgan fingerprint density at radius 2 is 2.05 bits per heavy atom. The summed E-state index contributed by atoms with van der Waals surface area (Å²) in [7, 11) is 1.53. The number of carbonyl (C=O) groups is 1. The summed E-state index contributed by atoms with van der Waals surface area (Å²) in [5, 5.41) is 1.29. The Bertz CT molecular complexity index is 630. The van der Waals surface area contributed by atoms with Gasteiger partial charge in [-0.3, -0.25) is 4.79 Å². The van der Waals surface area contributed by atoms with Crippen molar-refractivity contribution in [2.75, 3.05) is 13.9 Å². The van der Waals surface area contributed by atoms with Gasteiger partial charge in [-0.2, -0.15) is 0 Å². The smallest absolute Gasteiger partial charge is 0.303 e. The molecule has 0 aliphatic rings. The molecule has 1 aromatic carbocycles. The molecule has 0 saturated carbocycles. The van der Waals surface area contributed by atoms with Gasteiger partial charge in [0.2, 0.25) is 0 Å². The molecule has 0 aliphatic carbocycles. The van der Waals surface area contributed by atoms with Crippen LogP contribution in [0.1, 0.15) is 12.6 Å². The third-order valence-corrected chi connectivity index (χ3v) is 2.94. The molecule has 0 N–H and O–H groups in total. The summed E-state index contributed by atoms with van der Waals surface area (Å²) < 4.78 is 15.1. The third-order valence-electron chi connectivity index (χ3n) is 2.58. The molecule has 0 unspecified atom stereocenters. The van der Waals surface area contributed by atoms with Crippen LogP contribution in [0.25, 0.3) is 10.9 Å². The van der Waals surface area contributed by atoms with E-state index in [0.717, 1.165) is 5.39 Å². The summed E-state index contributed by atoms with van der Waals surface area (Å²) in [5.74, 6) is 0.147. The summed E-state index contributed by atoms with van der Waals surface area (Å²) in [6.07, 6.45) is 0. The van der Waals surface area contributed by atoms with Crippen LogP contribution in [0.5, 0.6) is 5.75 Å². The van der Waals surface area contributed by atoms with Crippen molar-refractivity contribution in [3.8, 4) is 5.75 Å². The lowest BCUT2D eigenvalue weighted by Crippen LogP contribution is -2.02. The standard InChI is InChI=1S/C14H14ClNO4/c1-9(17)19-7-11-5-3-10-4-6-12(20-8-18-2)13(15)14(10)16-11/h3-6H,7-8H2,1-2H3. The quantitative estimate of drug-likeness (QED) is 0.627. The van der Waals surface area contributed by atoms with Crippen molar-refractivity contribution in [2.24, 2.45) is 0 Å². The number of pyridine rings is 1. The highest BCUT2D eigenvalue weighted by Gasteiger charge is 2.09. The minimum Gasteiger partial charge on any atom is -0.466 e. The molecule has 0 fully saturated rings. The molecule has 5 nitrogen and oxygen atoms in total. The second-order valence-corrected chi connectivity index (χ2v) is 4.46. The lowest BCUT2D eigenvalue weighted by Gasteiger charge is -2.09. The highest BCUT2D eigenvalue weighted by atomic mass is 35.5. The zero-order valence-electron chi connectivity index (χ0n) is 11.2. The Morgan fingerprint density at radius 3 is 2.75 bits per heavy atom. The van der Waals surface area contributed by atoms with E-state index in [1.54, 1.807) is 12.1 Å². The van der Waals surface area contributed by atoms with Gasteiger partial charge in [-0.25, -0.2) is 4.98 Å². The first kappa shape index (κ1) is 14.6. The van der Waals surface area contributed by atoms with E-state index < -0.39 is 0 Å². The molecular formula is C14H14ClNO4. The van der Waals surface area contributed by atoms with Crippen molar-refractivity contribution in [3.05, 3.63) is 35.0 Å². The average Bonchev–Trinajstić information content (AvgIpc) is 2.44. The molecule has 0 bridgehead atoms. The molecule has 0 atom stereocenters. The average molecular weight is 296 g/mol. The van der Waals surface area contributed by atoms with Crippen molar-refractivity contribution >= 4 is 28.5 Å². The van der Waals surface area contributed by atoms with Crippen LogP contribution < -0.4 is 4.74 Å². The van der Waals surface area contributed by atoms with E-state index in [2.05, 4.69) is 4.98 Å². The molecule has 0 spiro atoms. The van der Waals surface area contributed by atoms with Gasteiger partial charge in [0, 0.05) is 19.4 Å². The number of ether oxygens (including phenoxy) is 3. The highest BCUT2D eigenvalue weighted by molar-refractivity contribution is 6.36. The zero-order valence-corrected chi connectivity index (χ0v) is 11.9. The second kappa shape index (κ2) is 6.54. The molecule has 0 saturated heterocycles. The largest absolute Gasteiger partial charge is 0.466 e. The van der Waals surface area contributed by atoms with E-state index in [4.69, 9.17) is 25.8 Å². The number of esters is 1. The van der Waals surface area contributed by atoms with E-state index in [1.807, 2.05) is 12.1 Å². The van der Waals surface area contributed by atoms with Gasteiger partial charge in [-0.05, 0) is 18.2 Å². The molecule has 106 valence electrons. The number of aromatic nitrogens is 1. The van der Waals surface area contributed by atoms with Crippen molar-refractivity contribution in [1.82, 2.24) is 4.98 Å². The Morgan fingerprint density at radius 1 is 1.30 bits per heavy atom. The number of carbonyl (C=O) groups excluding carboxylic acids is 1. The lowest BCUT2D eigenvalue weighted by atomic mass is 10.2. The minimum absolute atomic E-state index is 0.109. The fourth-order valence-electron chi connectivity index (χ4n) is 1.67. The SMILES string of the molecule is COCOc1ccc2ccc(COC(C)=O)nc2c1Cl. The molecule has 0 radical (unpaired) electrons. The van der Waals surface area contributed by atoms with Crippen LogP contribution in [0.15, 0.2) is 24.3 Å². The molecule has 6 heteroatoms. The van der Waals surface area contributed by atoms with Crippen molar-refractivity contribution in [2.45, 2.75) is 13.5 Å². The Hall–Kier alpha value is -1.85. The second-order valence-electron chi connectivity index (χ2n) is 4.08. The van der Waals surface area contributed by atoms with Crippen LogP contribution >= 0.6 is 11.6 Å². The zero-order chi connectivity index (χ0) is 14.5. The summed E-state index contributed by atoms with van der Waals surface area (Å²) in [5.41, 5.74) is 1.23. The van der Waals surface area contributed by atoms with Gasteiger partial charge >= 0.3 is 5.97 Å². The van der Waals surface area contributed by atoms with Crippen LogP contribution in [0.3, 0.4) is 0 Å². The van der Waals surface area contributed by atoms with Gasteiger partial charge in [0.25, 0.3) is 0 Å². The van der Waals surface area contributed by atoms with Crippen molar-refractivity contribution in [3.63, 3.8) is 0 Å². The summed E-state index contributed by atoms with van der Waals surface area (Å²) >= 11 is 6.26. The van der Waals surface area contributed by atoms with Crippen LogP contribution in [-0.2, 0) is 20.9 Å². The van der Waals surface area contributed by atoms with Crippen LogP contribution in [-0.4, -0.2) is 24.9 Å². The monoisotopic (exact) mass is 295 g/mol. The molecule has 0 aliphatic heterocycles. The number of benzene rings is 1. The van der Waals surface area contributed by atoms with Crippen molar-refractivity contribution < 1.29 is 19.0 Å². The number of hydrogen-bond donors (Lipinski definition) is 0. The molecule has 2 rings (SSSR count). The number of fused-ring (bicyclic) bond motifs is 1. The minimum atomic E-state index is -0.352. The first-order valence-electron chi connectivity index (χ1n) is 5.95. The van der Waals surface area contributed by atoms with Crippen LogP contribution in [0.2, 0.25) is 5.02 Å². The number of nitrogens with zero attached hydrogens (tertiary/aromatic N) is 1.